The number of aromatic nitrogens is 1. The van der Waals surface area contributed by atoms with Gasteiger partial charge in [0.2, 0.25) is 10.0 Å². The molecule has 0 atom stereocenters. The predicted molar refractivity (Wildman–Crippen MR) is 80.2 cm³/mol. The topological polar surface area (TPSA) is 74.3 Å². The van der Waals surface area contributed by atoms with Gasteiger partial charge in [-0.15, -0.1) is 11.3 Å². The normalized spacial score (nSPS) is 11.7. The highest BCUT2D eigenvalue weighted by Gasteiger charge is 2.07. The van der Waals surface area contributed by atoms with E-state index >= 15 is 0 Å². The van der Waals surface area contributed by atoms with Gasteiger partial charge in [0, 0.05) is 43.8 Å². The summed E-state index contributed by atoms with van der Waals surface area (Å²) >= 11 is 1.67. The van der Waals surface area contributed by atoms with Gasteiger partial charge in [0.05, 0.1) is 6.26 Å². The van der Waals surface area contributed by atoms with Crippen LogP contribution >= 0.6 is 11.3 Å². The van der Waals surface area contributed by atoms with Crippen LogP contribution in [-0.2, 0) is 16.6 Å². The number of rotatable bonds is 9. The Labute approximate surface area is 119 Å². The molecule has 1 aromatic heterocycles. The Morgan fingerprint density at radius 1 is 1.32 bits per heavy atom. The summed E-state index contributed by atoms with van der Waals surface area (Å²) in [6.07, 6.45) is 3.03. The van der Waals surface area contributed by atoms with Gasteiger partial charge in [-0.25, -0.2) is 18.1 Å². The SMILES string of the molecule is CCN(CC)c1ncc(CNCCNS(C)(=O)=O)s1. The molecule has 1 heterocycles. The van der Waals surface area contributed by atoms with Gasteiger partial charge in [-0.05, 0) is 13.8 Å². The molecule has 0 aliphatic heterocycles. The fourth-order valence-corrected chi connectivity index (χ4v) is 3.04. The summed E-state index contributed by atoms with van der Waals surface area (Å²) in [7, 11) is -3.09. The smallest absolute Gasteiger partial charge is 0.208 e. The Balaban J connectivity index is 2.31. The summed E-state index contributed by atoms with van der Waals surface area (Å²) in [4.78, 5) is 7.75. The molecule has 0 radical (unpaired) electrons. The maximum Gasteiger partial charge on any atom is 0.208 e. The first-order valence-corrected chi connectivity index (χ1v) is 9.02. The van der Waals surface area contributed by atoms with Crippen molar-refractivity contribution in [2.24, 2.45) is 0 Å². The Kier molecular flexibility index (Phi) is 6.70. The van der Waals surface area contributed by atoms with Crippen LogP contribution in [-0.4, -0.2) is 45.8 Å². The van der Waals surface area contributed by atoms with Crippen LogP contribution in [0.1, 0.15) is 18.7 Å². The number of thiazole rings is 1. The van der Waals surface area contributed by atoms with Crippen molar-refractivity contribution in [3.05, 3.63) is 11.1 Å². The van der Waals surface area contributed by atoms with Gasteiger partial charge < -0.3 is 10.2 Å². The number of nitrogens with zero attached hydrogens (tertiary/aromatic N) is 2. The second kappa shape index (κ2) is 7.78. The van der Waals surface area contributed by atoms with E-state index in [4.69, 9.17) is 0 Å². The zero-order valence-electron chi connectivity index (χ0n) is 11.6. The average molecular weight is 306 g/mol. The minimum absolute atomic E-state index is 0.403. The summed E-state index contributed by atoms with van der Waals surface area (Å²) in [5.74, 6) is 0. The summed E-state index contributed by atoms with van der Waals surface area (Å²) < 4.78 is 24.2. The molecule has 0 bridgehead atoms. The van der Waals surface area contributed by atoms with Crippen molar-refractivity contribution in [1.82, 2.24) is 15.0 Å². The molecule has 0 amide bonds. The van der Waals surface area contributed by atoms with Crippen molar-refractivity contribution in [2.75, 3.05) is 37.3 Å². The van der Waals surface area contributed by atoms with Gasteiger partial charge in [0.1, 0.15) is 0 Å². The third kappa shape index (κ3) is 6.33. The van der Waals surface area contributed by atoms with Crippen LogP contribution in [0.25, 0.3) is 0 Å². The number of hydrogen-bond acceptors (Lipinski definition) is 6. The first-order chi connectivity index (χ1) is 8.96. The van der Waals surface area contributed by atoms with E-state index in [0.29, 0.717) is 19.6 Å². The maximum absolute atomic E-state index is 10.9. The Morgan fingerprint density at radius 3 is 2.58 bits per heavy atom. The van der Waals surface area contributed by atoms with Crippen LogP contribution in [0.15, 0.2) is 6.20 Å². The van der Waals surface area contributed by atoms with Crippen LogP contribution in [0.5, 0.6) is 0 Å². The highest BCUT2D eigenvalue weighted by Crippen LogP contribution is 2.21. The van der Waals surface area contributed by atoms with Gasteiger partial charge >= 0.3 is 0 Å². The van der Waals surface area contributed by atoms with Crippen molar-refractivity contribution >= 4 is 26.5 Å². The number of nitrogens with one attached hydrogen (secondary N) is 2. The minimum Gasteiger partial charge on any atom is -0.349 e. The van der Waals surface area contributed by atoms with Crippen LogP contribution in [0, 0.1) is 0 Å². The molecule has 0 saturated carbocycles. The molecule has 1 rings (SSSR count). The van der Waals surface area contributed by atoms with Gasteiger partial charge in [-0.1, -0.05) is 0 Å². The first-order valence-electron chi connectivity index (χ1n) is 6.31. The number of sulfonamides is 1. The highest BCUT2D eigenvalue weighted by atomic mass is 32.2. The van der Waals surface area contributed by atoms with Crippen LogP contribution < -0.4 is 14.9 Å². The van der Waals surface area contributed by atoms with E-state index in [2.05, 4.69) is 33.8 Å². The molecule has 0 aromatic carbocycles. The quantitative estimate of drug-likeness (QED) is 0.655. The molecule has 0 aliphatic carbocycles. The van der Waals surface area contributed by atoms with E-state index in [1.54, 1.807) is 11.3 Å². The van der Waals surface area contributed by atoms with Crippen LogP contribution in [0.2, 0.25) is 0 Å². The van der Waals surface area contributed by atoms with E-state index in [1.165, 1.54) is 0 Å². The van der Waals surface area contributed by atoms with Crippen molar-refractivity contribution < 1.29 is 8.42 Å². The summed E-state index contributed by atoms with van der Waals surface area (Å²) in [6.45, 7) is 7.85. The number of hydrogen-bond donors (Lipinski definition) is 2. The lowest BCUT2D eigenvalue weighted by Crippen LogP contribution is -2.30. The lowest BCUT2D eigenvalue weighted by atomic mass is 10.5. The van der Waals surface area contributed by atoms with E-state index in [9.17, 15) is 8.42 Å². The molecule has 0 unspecified atom stereocenters. The number of anilines is 1. The van der Waals surface area contributed by atoms with E-state index in [1.807, 2.05) is 6.20 Å². The molecular weight excluding hydrogens is 284 g/mol. The Hall–Kier alpha value is -0.700. The molecule has 1 aromatic rings. The molecule has 8 heteroatoms. The van der Waals surface area contributed by atoms with Gasteiger partial charge in [-0.3, -0.25) is 0 Å². The fraction of sp³-hybridized carbons (Fsp3) is 0.727. The molecule has 19 heavy (non-hydrogen) atoms. The van der Waals surface area contributed by atoms with E-state index < -0.39 is 10.0 Å². The average Bonchev–Trinajstić information content (AvgIpc) is 2.77. The summed E-state index contributed by atoms with van der Waals surface area (Å²) in [5, 5.41) is 4.23. The fourth-order valence-electron chi connectivity index (χ4n) is 1.56. The lowest BCUT2D eigenvalue weighted by molar-refractivity contribution is 0.582. The van der Waals surface area contributed by atoms with Gasteiger partial charge in [0.15, 0.2) is 5.13 Å². The molecule has 0 spiro atoms. The molecular formula is C11H22N4O2S2. The van der Waals surface area contributed by atoms with E-state index in [-0.39, 0.29) is 0 Å². The molecule has 2 N–H and O–H groups in total. The summed E-state index contributed by atoms with van der Waals surface area (Å²) in [5.41, 5.74) is 0. The van der Waals surface area contributed by atoms with Gasteiger partial charge in [0.25, 0.3) is 0 Å². The van der Waals surface area contributed by atoms with E-state index in [0.717, 1.165) is 29.4 Å². The van der Waals surface area contributed by atoms with Crippen molar-refractivity contribution in [1.29, 1.82) is 0 Å². The second-order valence-corrected chi connectivity index (χ2v) is 7.05. The highest BCUT2D eigenvalue weighted by molar-refractivity contribution is 7.88. The molecule has 0 fully saturated rings. The zero-order valence-corrected chi connectivity index (χ0v) is 13.3. The van der Waals surface area contributed by atoms with Crippen molar-refractivity contribution in [3.8, 4) is 0 Å². The van der Waals surface area contributed by atoms with Crippen LogP contribution in [0.3, 0.4) is 0 Å². The Morgan fingerprint density at radius 2 is 2.00 bits per heavy atom. The third-order valence-corrected chi connectivity index (χ3v) is 4.33. The zero-order chi connectivity index (χ0) is 14.3. The molecule has 0 aliphatic rings. The largest absolute Gasteiger partial charge is 0.349 e. The Bertz CT molecular complexity index is 469. The lowest BCUT2D eigenvalue weighted by Gasteiger charge is -2.16. The molecule has 110 valence electrons. The van der Waals surface area contributed by atoms with Crippen molar-refractivity contribution in [2.45, 2.75) is 20.4 Å². The first kappa shape index (κ1) is 16.4. The predicted octanol–water partition coefficient (Wildman–Crippen LogP) is 0.628. The monoisotopic (exact) mass is 306 g/mol. The minimum atomic E-state index is -3.09. The summed E-state index contributed by atoms with van der Waals surface area (Å²) in [6, 6.07) is 0. The van der Waals surface area contributed by atoms with Crippen LogP contribution in [0.4, 0.5) is 5.13 Å². The second-order valence-electron chi connectivity index (χ2n) is 4.12. The molecule has 0 saturated heterocycles. The molecule has 6 nitrogen and oxygen atoms in total. The van der Waals surface area contributed by atoms with Crippen molar-refractivity contribution in [3.63, 3.8) is 0 Å². The third-order valence-electron chi connectivity index (χ3n) is 2.54. The van der Waals surface area contributed by atoms with Gasteiger partial charge in [-0.2, -0.15) is 0 Å². The standard InChI is InChI=1S/C11H22N4O2S2/c1-4-15(5-2)11-13-9-10(18-11)8-12-6-7-14-19(3,16)17/h9,12,14H,4-8H2,1-3H3. The maximum atomic E-state index is 10.9.